The van der Waals surface area contributed by atoms with Gasteiger partial charge in [-0.1, -0.05) is 15.9 Å². The third kappa shape index (κ3) is 2.58. The molecular formula is C15H14BrN3O2. The molecule has 1 aromatic carbocycles. The molecule has 2 aromatic heterocycles. The number of fused-ring (bicyclic) bond motifs is 1. The van der Waals surface area contributed by atoms with Crippen molar-refractivity contribution in [2.75, 3.05) is 0 Å². The molecule has 108 valence electrons. The largest absolute Gasteiger partial charge is 0.481 e. The molecule has 21 heavy (non-hydrogen) atoms. The lowest BCUT2D eigenvalue weighted by molar-refractivity contribution is -0.138. The maximum absolute atomic E-state index is 11.3. The van der Waals surface area contributed by atoms with E-state index in [0.717, 1.165) is 32.5 Å². The van der Waals surface area contributed by atoms with Crippen LogP contribution in [-0.4, -0.2) is 26.0 Å². The number of imidazole rings is 1. The fourth-order valence-electron chi connectivity index (χ4n) is 2.49. The lowest BCUT2D eigenvalue weighted by Crippen LogP contribution is -2.10. The monoisotopic (exact) mass is 347 g/mol. The Morgan fingerprint density at radius 2 is 2.29 bits per heavy atom. The Bertz CT molecular complexity index is 793. The summed E-state index contributed by atoms with van der Waals surface area (Å²) in [7, 11) is 0. The summed E-state index contributed by atoms with van der Waals surface area (Å²) < 4.78 is 0.962. The Kier molecular flexibility index (Phi) is 3.55. The third-order valence-corrected chi connectivity index (χ3v) is 4.10. The highest BCUT2D eigenvalue weighted by Gasteiger charge is 2.22. The number of hydrogen-bond donors (Lipinski definition) is 3. The van der Waals surface area contributed by atoms with Crippen LogP contribution in [0.15, 0.2) is 35.1 Å². The number of halogens is 1. The molecule has 3 rings (SSSR count). The van der Waals surface area contributed by atoms with Gasteiger partial charge < -0.3 is 15.1 Å². The second-order valence-electron chi connectivity index (χ2n) is 4.98. The summed E-state index contributed by atoms with van der Waals surface area (Å²) in [5.74, 6) is -0.628. The zero-order chi connectivity index (χ0) is 15.0. The van der Waals surface area contributed by atoms with Crippen LogP contribution in [0.25, 0.3) is 10.9 Å². The summed E-state index contributed by atoms with van der Waals surface area (Å²) in [5.41, 5.74) is 2.63. The van der Waals surface area contributed by atoms with Crippen molar-refractivity contribution in [1.29, 1.82) is 0 Å². The van der Waals surface area contributed by atoms with Crippen molar-refractivity contribution < 1.29 is 9.90 Å². The standard InChI is InChI=1S/C15H14BrN3O2/c1-8(15(20)21)14-11(7-13-17-4-5-18-13)10-6-9(16)2-3-12(10)19-14/h2-6,8,19H,7H2,1H3,(H,17,18)(H,20,21). The summed E-state index contributed by atoms with van der Waals surface area (Å²) in [5, 5.41) is 10.3. The fraction of sp³-hybridized carbons (Fsp3) is 0.200. The van der Waals surface area contributed by atoms with Gasteiger partial charge in [0.05, 0.1) is 5.92 Å². The Morgan fingerprint density at radius 1 is 1.48 bits per heavy atom. The van der Waals surface area contributed by atoms with Crippen molar-refractivity contribution in [2.24, 2.45) is 0 Å². The van der Waals surface area contributed by atoms with Crippen molar-refractivity contribution >= 4 is 32.8 Å². The Hall–Kier alpha value is -2.08. The molecule has 0 saturated carbocycles. The molecule has 0 spiro atoms. The minimum absolute atomic E-state index is 0.566. The second kappa shape index (κ2) is 5.37. The first-order valence-corrected chi connectivity index (χ1v) is 7.36. The lowest BCUT2D eigenvalue weighted by atomic mass is 9.99. The summed E-state index contributed by atoms with van der Waals surface area (Å²) >= 11 is 3.47. The van der Waals surface area contributed by atoms with Crippen molar-refractivity contribution in [3.05, 3.63) is 52.1 Å². The highest BCUT2D eigenvalue weighted by molar-refractivity contribution is 9.10. The second-order valence-corrected chi connectivity index (χ2v) is 5.90. The van der Waals surface area contributed by atoms with Gasteiger partial charge in [0.1, 0.15) is 5.82 Å². The van der Waals surface area contributed by atoms with E-state index in [1.807, 2.05) is 18.2 Å². The zero-order valence-corrected chi connectivity index (χ0v) is 12.9. The average Bonchev–Trinajstić information content (AvgIpc) is 3.07. The molecule has 0 aliphatic carbocycles. The molecule has 0 radical (unpaired) electrons. The first-order valence-electron chi connectivity index (χ1n) is 6.57. The maximum atomic E-state index is 11.3. The molecule has 1 unspecified atom stereocenters. The van der Waals surface area contributed by atoms with E-state index in [9.17, 15) is 9.90 Å². The van der Waals surface area contributed by atoms with Gasteiger partial charge in [-0.3, -0.25) is 4.79 Å². The topological polar surface area (TPSA) is 81.8 Å². The maximum Gasteiger partial charge on any atom is 0.312 e. The van der Waals surface area contributed by atoms with Gasteiger partial charge in [0.2, 0.25) is 0 Å². The summed E-state index contributed by atoms with van der Waals surface area (Å²) in [4.78, 5) is 21.9. The summed E-state index contributed by atoms with van der Waals surface area (Å²) in [6.45, 7) is 1.69. The molecule has 0 aliphatic heterocycles. The van der Waals surface area contributed by atoms with Crippen LogP contribution in [0.3, 0.4) is 0 Å². The Balaban J connectivity index is 2.18. The number of benzene rings is 1. The van der Waals surface area contributed by atoms with Gasteiger partial charge in [0.25, 0.3) is 0 Å². The minimum atomic E-state index is -0.846. The number of nitrogens with zero attached hydrogens (tertiary/aromatic N) is 1. The predicted octanol–water partition coefficient (Wildman–Crippen LogP) is 3.43. The molecule has 5 nitrogen and oxygen atoms in total. The van der Waals surface area contributed by atoms with Crippen LogP contribution < -0.4 is 0 Å². The van der Waals surface area contributed by atoms with E-state index in [2.05, 4.69) is 30.9 Å². The number of aliphatic carboxylic acids is 1. The number of aromatic amines is 2. The van der Waals surface area contributed by atoms with E-state index in [4.69, 9.17) is 0 Å². The number of carboxylic acids is 1. The molecule has 0 amide bonds. The molecule has 3 N–H and O–H groups in total. The van der Waals surface area contributed by atoms with Crippen LogP contribution >= 0.6 is 15.9 Å². The molecule has 3 aromatic rings. The number of carbonyl (C=O) groups is 1. The van der Waals surface area contributed by atoms with Crippen molar-refractivity contribution in [2.45, 2.75) is 19.3 Å². The van der Waals surface area contributed by atoms with Gasteiger partial charge in [-0.25, -0.2) is 4.98 Å². The predicted molar refractivity (Wildman–Crippen MR) is 83.4 cm³/mol. The first-order chi connectivity index (χ1) is 10.1. The molecule has 6 heteroatoms. The van der Waals surface area contributed by atoms with Crippen molar-refractivity contribution in [3.8, 4) is 0 Å². The highest BCUT2D eigenvalue weighted by atomic mass is 79.9. The average molecular weight is 348 g/mol. The number of hydrogen-bond acceptors (Lipinski definition) is 2. The number of H-pyrrole nitrogens is 2. The van der Waals surface area contributed by atoms with Gasteiger partial charge in [0, 0.05) is 39.9 Å². The van der Waals surface area contributed by atoms with Crippen molar-refractivity contribution in [3.63, 3.8) is 0 Å². The van der Waals surface area contributed by atoms with Gasteiger partial charge in [-0.05, 0) is 30.7 Å². The fourth-order valence-corrected chi connectivity index (χ4v) is 2.85. The third-order valence-electron chi connectivity index (χ3n) is 3.60. The van der Waals surface area contributed by atoms with Gasteiger partial charge >= 0.3 is 5.97 Å². The lowest BCUT2D eigenvalue weighted by Gasteiger charge is -2.07. The normalized spacial score (nSPS) is 12.7. The number of nitrogens with one attached hydrogen (secondary N) is 2. The van der Waals surface area contributed by atoms with Crippen molar-refractivity contribution in [1.82, 2.24) is 15.0 Å². The van der Waals surface area contributed by atoms with E-state index in [1.165, 1.54) is 0 Å². The van der Waals surface area contributed by atoms with Gasteiger partial charge in [-0.2, -0.15) is 0 Å². The first kappa shape index (κ1) is 13.9. The van der Waals surface area contributed by atoms with Gasteiger partial charge in [-0.15, -0.1) is 0 Å². The summed E-state index contributed by atoms with van der Waals surface area (Å²) in [6.07, 6.45) is 4.02. The van der Waals surface area contributed by atoms with Crippen LogP contribution in [-0.2, 0) is 11.2 Å². The molecule has 0 saturated heterocycles. The molecule has 2 heterocycles. The van der Waals surface area contributed by atoms with Crippen LogP contribution in [0, 0.1) is 0 Å². The van der Waals surface area contributed by atoms with E-state index in [-0.39, 0.29) is 0 Å². The van der Waals surface area contributed by atoms with Gasteiger partial charge in [0.15, 0.2) is 0 Å². The highest BCUT2D eigenvalue weighted by Crippen LogP contribution is 2.31. The SMILES string of the molecule is CC(C(=O)O)c1[nH]c2ccc(Br)cc2c1Cc1ncc[nH]1. The van der Waals surface area contributed by atoms with E-state index in [0.29, 0.717) is 6.42 Å². The number of rotatable bonds is 4. The quantitative estimate of drug-likeness (QED) is 0.676. The molecule has 0 aliphatic rings. The Morgan fingerprint density at radius 3 is 2.95 bits per heavy atom. The van der Waals surface area contributed by atoms with Crippen LogP contribution in [0.5, 0.6) is 0 Å². The summed E-state index contributed by atoms with van der Waals surface area (Å²) in [6, 6.07) is 5.88. The molecule has 1 atom stereocenters. The van der Waals surface area contributed by atoms with Crippen LogP contribution in [0.2, 0.25) is 0 Å². The van der Waals surface area contributed by atoms with E-state index < -0.39 is 11.9 Å². The van der Waals surface area contributed by atoms with Crippen LogP contribution in [0.4, 0.5) is 0 Å². The number of aromatic nitrogens is 3. The molecule has 0 fully saturated rings. The number of carboxylic acid groups (broad SMARTS) is 1. The Labute approximate surface area is 129 Å². The molecular weight excluding hydrogens is 334 g/mol. The molecule has 0 bridgehead atoms. The van der Waals surface area contributed by atoms with Crippen LogP contribution in [0.1, 0.15) is 29.9 Å². The van der Waals surface area contributed by atoms with E-state index in [1.54, 1.807) is 19.3 Å². The zero-order valence-electron chi connectivity index (χ0n) is 11.4. The minimum Gasteiger partial charge on any atom is -0.481 e. The van der Waals surface area contributed by atoms with E-state index >= 15 is 0 Å². The smallest absolute Gasteiger partial charge is 0.312 e.